The van der Waals surface area contributed by atoms with Gasteiger partial charge in [0.15, 0.2) is 0 Å². The first-order valence-corrected chi connectivity index (χ1v) is 4.70. The Labute approximate surface area is 79.3 Å². The summed E-state index contributed by atoms with van der Waals surface area (Å²) in [6.07, 6.45) is 2.02. The first kappa shape index (κ1) is 10.5. The minimum atomic E-state index is -0.618. The predicted octanol–water partition coefficient (Wildman–Crippen LogP) is 1.32. The minimum Gasteiger partial charge on any atom is -0.495 e. The lowest BCUT2D eigenvalue weighted by Crippen LogP contribution is -2.34. The van der Waals surface area contributed by atoms with Crippen molar-refractivity contribution in [3.8, 4) is 0 Å². The smallest absolute Gasteiger partial charge is 0.137 e. The maximum Gasteiger partial charge on any atom is 0.137 e. The fraction of sp³-hybridized carbons (Fsp3) is 0.800. The van der Waals surface area contributed by atoms with Crippen LogP contribution in [0.4, 0.5) is 0 Å². The van der Waals surface area contributed by atoms with Crippen molar-refractivity contribution in [2.24, 2.45) is 5.92 Å². The van der Waals surface area contributed by atoms with Crippen LogP contribution < -0.4 is 0 Å². The SMILES string of the molecule is COC(C(C)C)C(O)C1=CCCO1. The van der Waals surface area contributed by atoms with Gasteiger partial charge in [0.05, 0.1) is 12.7 Å². The molecular formula is C10H18O3. The third kappa shape index (κ3) is 2.45. The van der Waals surface area contributed by atoms with E-state index >= 15 is 0 Å². The highest BCUT2D eigenvalue weighted by atomic mass is 16.5. The number of methoxy groups -OCH3 is 1. The van der Waals surface area contributed by atoms with Crippen LogP contribution in [0.1, 0.15) is 20.3 Å². The second-order valence-electron chi connectivity index (χ2n) is 3.63. The van der Waals surface area contributed by atoms with Crippen LogP contribution in [0.25, 0.3) is 0 Å². The van der Waals surface area contributed by atoms with Gasteiger partial charge in [0, 0.05) is 13.5 Å². The molecule has 1 N–H and O–H groups in total. The molecule has 0 aromatic carbocycles. The van der Waals surface area contributed by atoms with Gasteiger partial charge in [-0.25, -0.2) is 0 Å². The summed E-state index contributed by atoms with van der Waals surface area (Å²) in [5.74, 6) is 0.950. The fourth-order valence-electron chi connectivity index (χ4n) is 1.57. The summed E-state index contributed by atoms with van der Waals surface area (Å²) in [7, 11) is 1.61. The number of aliphatic hydroxyl groups excluding tert-OH is 1. The van der Waals surface area contributed by atoms with Crippen LogP contribution in [-0.2, 0) is 9.47 Å². The van der Waals surface area contributed by atoms with Gasteiger partial charge in [-0.15, -0.1) is 0 Å². The van der Waals surface area contributed by atoms with Crippen LogP contribution >= 0.6 is 0 Å². The lowest BCUT2D eigenvalue weighted by atomic mass is 10.0. The van der Waals surface area contributed by atoms with Gasteiger partial charge in [0.2, 0.25) is 0 Å². The Bertz CT molecular complexity index is 187. The molecule has 0 aromatic rings. The Morgan fingerprint density at radius 3 is 2.62 bits per heavy atom. The molecule has 13 heavy (non-hydrogen) atoms. The predicted molar refractivity (Wildman–Crippen MR) is 50.3 cm³/mol. The summed E-state index contributed by atoms with van der Waals surface area (Å²) in [4.78, 5) is 0. The van der Waals surface area contributed by atoms with Crippen LogP contribution in [-0.4, -0.2) is 31.0 Å². The van der Waals surface area contributed by atoms with Gasteiger partial charge >= 0.3 is 0 Å². The van der Waals surface area contributed by atoms with E-state index in [1.807, 2.05) is 19.9 Å². The zero-order valence-corrected chi connectivity index (χ0v) is 8.49. The van der Waals surface area contributed by atoms with Crippen molar-refractivity contribution >= 4 is 0 Å². The minimum absolute atomic E-state index is 0.177. The molecule has 1 aliphatic rings. The summed E-state index contributed by atoms with van der Waals surface area (Å²) in [5.41, 5.74) is 0. The summed E-state index contributed by atoms with van der Waals surface area (Å²) in [5, 5.41) is 9.86. The standard InChI is InChI=1S/C10H18O3/c1-7(2)10(12-3)9(11)8-5-4-6-13-8/h5,7,9-11H,4,6H2,1-3H3. The molecule has 0 aliphatic carbocycles. The fourth-order valence-corrected chi connectivity index (χ4v) is 1.57. The molecule has 0 amide bonds. The summed E-state index contributed by atoms with van der Waals surface area (Å²) >= 11 is 0. The molecule has 2 unspecified atom stereocenters. The zero-order valence-electron chi connectivity index (χ0n) is 8.49. The molecule has 0 spiro atoms. The molecular weight excluding hydrogens is 168 g/mol. The molecule has 1 aliphatic heterocycles. The molecule has 0 saturated carbocycles. The maximum absolute atomic E-state index is 9.86. The Morgan fingerprint density at radius 1 is 1.54 bits per heavy atom. The second-order valence-corrected chi connectivity index (χ2v) is 3.63. The average Bonchev–Trinajstić information content (AvgIpc) is 2.56. The summed E-state index contributed by atoms with van der Waals surface area (Å²) in [6, 6.07) is 0. The summed E-state index contributed by atoms with van der Waals surface area (Å²) < 4.78 is 10.5. The highest BCUT2D eigenvalue weighted by Crippen LogP contribution is 2.21. The molecule has 3 nitrogen and oxygen atoms in total. The number of rotatable bonds is 4. The molecule has 1 rings (SSSR count). The van der Waals surface area contributed by atoms with E-state index < -0.39 is 6.10 Å². The van der Waals surface area contributed by atoms with Gasteiger partial charge in [0.1, 0.15) is 11.9 Å². The van der Waals surface area contributed by atoms with Gasteiger partial charge in [-0.1, -0.05) is 13.8 Å². The van der Waals surface area contributed by atoms with Crippen molar-refractivity contribution < 1.29 is 14.6 Å². The Balaban J connectivity index is 2.57. The van der Waals surface area contributed by atoms with Crippen LogP contribution in [0.5, 0.6) is 0 Å². The monoisotopic (exact) mass is 186 g/mol. The van der Waals surface area contributed by atoms with E-state index in [1.165, 1.54) is 0 Å². The van der Waals surface area contributed by atoms with Crippen molar-refractivity contribution in [3.63, 3.8) is 0 Å². The van der Waals surface area contributed by atoms with E-state index in [0.29, 0.717) is 12.4 Å². The maximum atomic E-state index is 9.86. The highest BCUT2D eigenvalue weighted by Gasteiger charge is 2.27. The molecule has 0 saturated heterocycles. The van der Waals surface area contributed by atoms with E-state index in [0.717, 1.165) is 6.42 Å². The molecule has 0 aromatic heterocycles. The Morgan fingerprint density at radius 2 is 2.23 bits per heavy atom. The Kier molecular flexibility index (Phi) is 3.75. The normalized spacial score (nSPS) is 21.2. The highest BCUT2D eigenvalue weighted by molar-refractivity contribution is 5.06. The topological polar surface area (TPSA) is 38.7 Å². The van der Waals surface area contributed by atoms with Crippen molar-refractivity contribution in [2.75, 3.05) is 13.7 Å². The molecule has 76 valence electrons. The van der Waals surface area contributed by atoms with E-state index in [9.17, 15) is 5.11 Å². The van der Waals surface area contributed by atoms with Crippen LogP contribution in [0.2, 0.25) is 0 Å². The molecule has 1 heterocycles. The van der Waals surface area contributed by atoms with E-state index in [-0.39, 0.29) is 12.0 Å². The van der Waals surface area contributed by atoms with Gasteiger partial charge < -0.3 is 14.6 Å². The van der Waals surface area contributed by atoms with Crippen molar-refractivity contribution in [1.29, 1.82) is 0 Å². The van der Waals surface area contributed by atoms with Gasteiger partial charge in [-0.05, 0) is 12.0 Å². The number of hydrogen-bond donors (Lipinski definition) is 1. The van der Waals surface area contributed by atoms with Crippen molar-refractivity contribution in [3.05, 3.63) is 11.8 Å². The van der Waals surface area contributed by atoms with Crippen LogP contribution in [0, 0.1) is 5.92 Å². The van der Waals surface area contributed by atoms with Crippen LogP contribution in [0.15, 0.2) is 11.8 Å². The number of aliphatic hydroxyl groups is 1. The average molecular weight is 186 g/mol. The van der Waals surface area contributed by atoms with Gasteiger partial charge in [0.25, 0.3) is 0 Å². The molecule has 0 radical (unpaired) electrons. The molecule has 0 fully saturated rings. The molecule has 3 heteroatoms. The van der Waals surface area contributed by atoms with E-state index in [2.05, 4.69) is 0 Å². The third-order valence-corrected chi connectivity index (χ3v) is 2.26. The van der Waals surface area contributed by atoms with Crippen molar-refractivity contribution in [1.82, 2.24) is 0 Å². The number of hydrogen-bond acceptors (Lipinski definition) is 3. The van der Waals surface area contributed by atoms with Gasteiger partial charge in [-0.2, -0.15) is 0 Å². The van der Waals surface area contributed by atoms with Crippen LogP contribution in [0.3, 0.4) is 0 Å². The second kappa shape index (κ2) is 4.63. The third-order valence-electron chi connectivity index (χ3n) is 2.26. The first-order chi connectivity index (χ1) is 6.16. The van der Waals surface area contributed by atoms with E-state index in [4.69, 9.17) is 9.47 Å². The largest absolute Gasteiger partial charge is 0.495 e. The molecule has 0 bridgehead atoms. The zero-order chi connectivity index (χ0) is 9.84. The summed E-state index contributed by atoms with van der Waals surface area (Å²) in [6.45, 7) is 4.72. The lowest BCUT2D eigenvalue weighted by molar-refractivity contribution is -0.0411. The Hall–Kier alpha value is -0.540. The lowest BCUT2D eigenvalue weighted by Gasteiger charge is -2.25. The number of ether oxygens (including phenoxy) is 2. The van der Waals surface area contributed by atoms with Gasteiger partial charge in [-0.3, -0.25) is 0 Å². The van der Waals surface area contributed by atoms with E-state index in [1.54, 1.807) is 7.11 Å². The molecule has 2 atom stereocenters. The quantitative estimate of drug-likeness (QED) is 0.719. The first-order valence-electron chi connectivity index (χ1n) is 4.70. The van der Waals surface area contributed by atoms with Crippen molar-refractivity contribution in [2.45, 2.75) is 32.5 Å².